The number of esters is 1. The normalized spacial score (nSPS) is 17.9. The van der Waals surface area contributed by atoms with Gasteiger partial charge in [-0.05, 0) is 19.3 Å². The third-order valence-electron chi connectivity index (χ3n) is 4.00. The third kappa shape index (κ3) is 4.55. The molecule has 0 bridgehead atoms. The van der Waals surface area contributed by atoms with Crippen LogP contribution in [-0.4, -0.2) is 16.1 Å². The highest BCUT2D eigenvalue weighted by Gasteiger charge is 2.25. The first-order valence-electron chi connectivity index (χ1n) is 7.90. The topological polar surface area (TPSA) is 65.2 Å². The number of carbonyl (C=O) groups excluding carboxylic acids is 1. The molecule has 0 spiro atoms. The molecule has 0 N–H and O–H groups in total. The molecule has 2 rings (SSSR count). The summed E-state index contributed by atoms with van der Waals surface area (Å²) in [4.78, 5) is 16.2. The van der Waals surface area contributed by atoms with Gasteiger partial charge in [0.15, 0.2) is 11.9 Å². The molecule has 118 valence electrons. The molecule has 1 heterocycles. The van der Waals surface area contributed by atoms with Gasteiger partial charge in [0.2, 0.25) is 0 Å². The van der Waals surface area contributed by atoms with Crippen LogP contribution in [0.25, 0.3) is 0 Å². The number of nitrogens with zero attached hydrogens (tertiary/aromatic N) is 2. The van der Waals surface area contributed by atoms with Gasteiger partial charge in [0.25, 0.3) is 5.89 Å². The number of ether oxygens (including phenoxy) is 1. The van der Waals surface area contributed by atoms with Gasteiger partial charge in [-0.1, -0.05) is 51.6 Å². The highest BCUT2D eigenvalue weighted by molar-refractivity contribution is 5.69. The van der Waals surface area contributed by atoms with Crippen molar-refractivity contribution in [1.82, 2.24) is 10.1 Å². The van der Waals surface area contributed by atoms with Gasteiger partial charge in [-0.25, -0.2) is 0 Å². The van der Waals surface area contributed by atoms with E-state index in [1.54, 1.807) is 6.92 Å². The summed E-state index contributed by atoms with van der Waals surface area (Å²) in [5.41, 5.74) is -0.173. The summed E-state index contributed by atoms with van der Waals surface area (Å²) in [5, 5.41) is 3.95. The molecule has 0 saturated heterocycles. The van der Waals surface area contributed by atoms with Crippen molar-refractivity contribution in [2.45, 2.75) is 77.7 Å². The van der Waals surface area contributed by atoms with E-state index in [1.165, 1.54) is 25.7 Å². The predicted molar refractivity (Wildman–Crippen MR) is 78.7 cm³/mol. The molecule has 1 aliphatic rings. The maximum atomic E-state index is 11.9. The zero-order valence-corrected chi connectivity index (χ0v) is 13.5. The Labute approximate surface area is 126 Å². The number of rotatable bonds is 5. The van der Waals surface area contributed by atoms with E-state index in [0.717, 1.165) is 6.42 Å². The van der Waals surface area contributed by atoms with Crippen LogP contribution in [-0.2, 0) is 14.9 Å². The molecular weight excluding hydrogens is 268 g/mol. The lowest BCUT2D eigenvalue weighted by atomic mass is 9.96. The quantitative estimate of drug-likeness (QED) is 0.769. The van der Waals surface area contributed by atoms with E-state index in [0.29, 0.717) is 24.1 Å². The molecule has 21 heavy (non-hydrogen) atoms. The Kier molecular flexibility index (Phi) is 5.01. The largest absolute Gasteiger partial charge is 0.453 e. The summed E-state index contributed by atoms with van der Waals surface area (Å²) in [6.07, 6.45) is 6.03. The molecule has 0 aliphatic heterocycles. The summed E-state index contributed by atoms with van der Waals surface area (Å²) < 4.78 is 10.6. The zero-order valence-electron chi connectivity index (χ0n) is 13.5. The first-order valence-corrected chi connectivity index (χ1v) is 7.90. The molecule has 1 atom stereocenters. The van der Waals surface area contributed by atoms with Crippen molar-refractivity contribution in [3.05, 3.63) is 11.7 Å². The average molecular weight is 294 g/mol. The van der Waals surface area contributed by atoms with Gasteiger partial charge in [-0.15, -0.1) is 0 Å². The van der Waals surface area contributed by atoms with Crippen LogP contribution in [0, 0.1) is 5.92 Å². The molecular formula is C16H26N2O3. The minimum atomic E-state index is -0.482. The van der Waals surface area contributed by atoms with Crippen LogP contribution in [0.5, 0.6) is 0 Å². The van der Waals surface area contributed by atoms with E-state index in [-0.39, 0.29) is 11.4 Å². The summed E-state index contributed by atoms with van der Waals surface area (Å²) in [6, 6.07) is 0. The number of hydrogen-bond donors (Lipinski definition) is 0. The van der Waals surface area contributed by atoms with Crippen molar-refractivity contribution in [2.24, 2.45) is 5.92 Å². The summed E-state index contributed by atoms with van der Waals surface area (Å²) in [6.45, 7) is 7.81. The molecule has 1 aliphatic carbocycles. The second-order valence-corrected chi connectivity index (χ2v) is 7.03. The van der Waals surface area contributed by atoms with Crippen LogP contribution in [0.3, 0.4) is 0 Å². The molecule has 5 nitrogen and oxygen atoms in total. The number of hydrogen-bond acceptors (Lipinski definition) is 5. The maximum Gasteiger partial charge on any atom is 0.306 e. The lowest BCUT2D eigenvalue weighted by molar-refractivity contribution is -0.150. The lowest BCUT2D eigenvalue weighted by Gasteiger charge is -2.12. The minimum Gasteiger partial charge on any atom is -0.453 e. The van der Waals surface area contributed by atoms with Gasteiger partial charge in [0.05, 0.1) is 0 Å². The van der Waals surface area contributed by atoms with Gasteiger partial charge in [-0.3, -0.25) is 4.79 Å². The van der Waals surface area contributed by atoms with Crippen LogP contribution in [0.1, 0.15) is 84.0 Å². The molecule has 0 aromatic carbocycles. The molecule has 1 fully saturated rings. The molecule has 1 aromatic rings. The van der Waals surface area contributed by atoms with Crippen LogP contribution in [0.4, 0.5) is 0 Å². The third-order valence-corrected chi connectivity index (χ3v) is 4.00. The van der Waals surface area contributed by atoms with Crippen molar-refractivity contribution in [1.29, 1.82) is 0 Å². The Morgan fingerprint density at radius 1 is 1.38 bits per heavy atom. The SMILES string of the molecule is CC(OC(=O)CCC1CCCC1)c1nc(C(C)(C)C)no1. The fourth-order valence-electron chi connectivity index (χ4n) is 2.63. The standard InChI is InChI=1S/C16H26N2O3/c1-11(14-17-15(18-21-14)16(2,3)4)20-13(19)10-9-12-7-5-6-8-12/h11-12H,5-10H2,1-4H3. The van der Waals surface area contributed by atoms with E-state index >= 15 is 0 Å². The molecule has 5 heteroatoms. The van der Waals surface area contributed by atoms with E-state index < -0.39 is 6.10 Å². The summed E-state index contributed by atoms with van der Waals surface area (Å²) in [5.74, 6) is 1.52. The Hall–Kier alpha value is -1.39. The van der Waals surface area contributed by atoms with Crippen molar-refractivity contribution in [3.63, 3.8) is 0 Å². The van der Waals surface area contributed by atoms with Gasteiger partial charge >= 0.3 is 5.97 Å². The molecule has 0 amide bonds. The van der Waals surface area contributed by atoms with Crippen LogP contribution in [0.2, 0.25) is 0 Å². The molecule has 1 saturated carbocycles. The second kappa shape index (κ2) is 6.58. The molecule has 1 aromatic heterocycles. The maximum absolute atomic E-state index is 11.9. The Balaban J connectivity index is 1.81. The van der Waals surface area contributed by atoms with E-state index in [4.69, 9.17) is 9.26 Å². The van der Waals surface area contributed by atoms with Crippen molar-refractivity contribution < 1.29 is 14.1 Å². The zero-order chi connectivity index (χ0) is 15.5. The average Bonchev–Trinajstić information content (AvgIpc) is 3.07. The summed E-state index contributed by atoms with van der Waals surface area (Å²) >= 11 is 0. The van der Waals surface area contributed by atoms with E-state index in [9.17, 15) is 4.79 Å². The van der Waals surface area contributed by atoms with Crippen LogP contribution < -0.4 is 0 Å². The smallest absolute Gasteiger partial charge is 0.306 e. The Morgan fingerprint density at radius 3 is 2.62 bits per heavy atom. The predicted octanol–water partition coefficient (Wildman–Crippen LogP) is 3.94. The van der Waals surface area contributed by atoms with Crippen molar-refractivity contribution in [3.8, 4) is 0 Å². The molecule has 0 radical (unpaired) electrons. The first kappa shape index (κ1) is 16.0. The Morgan fingerprint density at radius 2 is 2.05 bits per heavy atom. The highest BCUT2D eigenvalue weighted by atomic mass is 16.6. The van der Waals surface area contributed by atoms with Gasteiger partial charge in [-0.2, -0.15) is 4.98 Å². The number of aromatic nitrogens is 2. The summed E-state index contributed by atoms with van der Waals surface area (Å²) in [7, 11) is 0. The minimum absolute atomic E-state index is 0.173. The fourth-order valence-corrected chi connectivity index (χ4v) is 2.63. The fraction of sp³-hybridized carbons (Fsp3) is 0.812. The van der Waals surface area contributed by atoms with Gasteiger partial charge < -0.3 is 9.26 Å². The van der Waals surface area contributed by atoms with Crippen LogP contribution >= 0.6 is 0 Å². The second-order valence-electron chi connectivity index (χ2n) is 7.03. The lowest BCUT2D eigenvalue weighted by Crippen LogP contribution is -2.14. The van der Waals surface area contributed by atoms with Crippen LogP contribution in [0.15, 0.2) is 4.52 Å². The van der Waals surface area contributed by atoms with Crippen molar-refractivity contribution >= 4 is 5.97 Å². The van der Waals surface area contributed by atoms with E-state index in [1.807, 2.05) is 20.8 Å². The van der Waals surface area contributed by atoms with Gasteiger partial charge in [0, 0.05) is 11.8 Å². The van der Waals surface area contributed by atoms with Gasteiger partial charge in [0.1, 0.15) is 0 Å². The monoisotopic (exact) mass is 294 g/mol. The molecule has 1 unspecified atom stereocenters. The Bertz CT molecular complexity index is 470. The first-order chi connectivity index (χ1) is 9.86. The van der Waals surface area contributed by atoms with E-state index in [2.05, 4.69) is 10.1 Å². The van der Waals surface area contributed by atoms with Crippen molar-refractivity contribution in [2.75, 3.05) is 0 Å². The highest BCUT2D eigenvalue weighted by Crippen LogP contribution is 2.29. The number of carbonyl (C=O) groups is 1.